The summed E-state index contributed by atoms with van der Waals surface area (Å²) in [5.41, 5.74) is 1.54. The molecule has 0 saturated carbocycles. The first kappa shape index (κ1) is 34.4. The van der Waals surface area contributed by atoms with E-state index in [1.165, 1.54) is 32.1 Å². The van der Waals surface area contributed by atoms with Crippen molar-refractivity contribution in [2.45, 2.75) is 84.2 Å². The Morgan fingerprint density at radius 2 is 1.31 bits per heavy atom. The maximum atomic E-state index is 12.0. The quantitative estimate of drug-likeness (QED) is 0.0889. The van der Waals surface area contributed by atoms with Gasteiger partial charge in [0.05, 0.1) is 51.6 Å². The summed E-state index contributed by atoms with van der Waals surface area (Å²) in [6.07, 6.45) is 10.9. The summed E-state index contributed by atoms with van der Waals surface area (Å²) in [6, 6.07) is 7.26. The highest BCUT2D eigenvalue weighted by molar-refractivity contribution is 5.92. The first-order valence-corrected chi connectivity index (χ1v) is 14.1. The molecule has 1 aromatic rings. The van der Waals surface area contributed by atoms with E-state index < -0.39 is 11.9 Å². The number of ether oxygens (including phenoxy) is 5. The molecule has 0 saturated heterocycles. The number of aliphatic imine (C=N–C) groups is 1. The van der Waals surface area contributed by atoms with E-state index in [0.29, 0.717) is 39.3 Å². The van der Waals surface area contributed by atoms with Gasteiger partial charge in [-0.2, -0.15) is 0 Å². The molecule has 9 nitrogen and oxygen atoms in total. The van der Waals surface area contributed by atoms with Crippen LogP contribution in [0.1, 0.15) is 83.1 Å². The Bertz CT molecular complexity index is 810. The molecule has 9 heteroatoms. The van der Waals surface area contributed by atoms with E-state index in [1.54, 1.807) is 13.3 Å². The fourth-order valence-electron chi connectivity index (χ4n) is 3.50. The average molecular weight is 550 g/mol. The number of hydrogen-bond acceptors (Lipinski definition) is 9. The van der Waals surface area contributed by atoms with Gasteiger partial charge in [0.15, 0.2) is 0 Å². The molecule has 0 aliphatic rings. The molecule has 0 fully saturated rings. The normalized spacial score (nSPS) is 11.1. The molecule has 0 spiro atoms. The van der Waals surface area contributed by atoms with Crippen molar-refractivity contribution in [3.05, 3.63) is 29.8 Å². The zero-order valence-corrected chi connectivity index (χ0v) is 23.8. The lowest BCUT2D eigenvalue weighted by atomic mass is 10.1. The number of carbonyl (C=O) groups excluding carboxylic acids is 3. The average Bonchev–Trinajstić information content (AvgIpc) is 2.94. The largest absolute Gasteiger partial charge is 0.463 e. The van der Waals surface area contributed by atoms with Gasteiger partial charge < -0.3 is 23.7 Å². The summed E-state index contributed by atoms with van der Waals surface area (Å²) in [4.78, 5) is 40.0. The van der Waals surface area contributed by atoms with E-state index in [-0.39, 0.29) is 38.4 Å². The molecular formula is C30H47NO8. The number of rotatable bonds is 25. The number of unbranched alkanes of at least 4 members (excludes halogenated alkanes) is 6. The predicted molar refractivity (Wildman–Crippen MR) is 150 cm³/mol. The molecular weight excluding hydrogens is 502 g/mol. The van der Waals surface area contributed by atoms with Gasteiger partial charge in [0.2, 0.25) is 0 Å². The van der Waals surface area contributed by atoms with Gasteiger partial charge in [0, 0.05) is 26.2 Å². The second kappa shape index (κ2) is 24.4. The van der Waals surface area contributed by atoms with Crippen LogP contribution in [0.25, 0.3) is 0 Å². The van der Waals surface area contributed by atoms with Crippen LogP contribution in [0.3, 0.4) is 0 Å². The molecule has 0 radical (unpaired) electrons. The maximum Gasteiger partial charge on any atom is 0.306 e. The topological polar surface area (TPSA) is 110 Å². The summed E-state index contributed by atoms with van der Waals surface area (Å²) in [5.74, 6) is -0.736. The Morgan fingerprint density at radius 1 is 0.718 bits per heavy atom. The molecule has 1 rings (SSSR count). The summed E-state index contributed by atoms with van der Waals surface area (Å²) in [5, 5.41) is 0. The number of ketones is 1. The van der Waals surface area contributed by atoms with Crippen LogP contribution in [0.5, 0.6) is 0 Å². The third-order valence-electron chi connectivity index (χ3n) is 5.78. The summed E-state index contributed by atoms with van der Waals surface area (Å²) >= 11 is 0. The van der Waals surface area contributed by atoms with E-state index in [4.69, 9.17) is 23.7 Å². The SMILES string of the molecule is CCCCCCCCCC(=O)CC=Nc1ccc(COC(=O)CCC(=O)OCCOCCOCCOC)cc1. The lowest BCUT2D eigenvalue weighted by Crippen LogP contribution is -2.15. The second-order valence-electron chi connectivity index (χ2n) is 9.19. The van der Waals surface area contributed by atoms with Gasteiger partial charge in [-0.1, -0.05) is 57.6 Å². The molecule has 0 amide bonds. The molecule has 39 heavy (non-hydrogen) atoms. The van der Waals surface area contributed by atoms with Gasteiger partial charge in [-0.15, -0.1) is 0 Å². The van der Waals surface area contributed by atoms with E-state index in [9.17, 15) is 14.4 Å². The van der Waals surface area contributed by atoms with Crippen LogP contribution in [-0.2, 0) is 44.7 Å². The molecule has 1 aromatic carbocycles. The van der Waals surface area contributed by atoms with E-state index in [2.05, 4.69) is 11.9 Å². The smallest absolute Gasteiger partial charge is 0.306 e. The maximum absolute atomic E-state index is 12.0. The summed E-state index contributed by atoms with van der Waals surface area (Å²) in [6.45, 7) is 4.59. The van der Waals surface area contributed by atoms with Crippen molar-refractivity contribution in [3.63, 3.8) is 0 Å². The fraction of sp³-hybridized carbons (Fsp3) is 0.667. The van der Waals surface area contributed by atoms with Crippen LogP contribution in [0.4, 0.5) is 5.69 Å². The van der Waals surface area contributed by atoms with Crippen molar-refractivity contribution < 1.29 is 38.1 Å². The Labute approximate surface area is 233 Å². The Kier molecular flexibility index (Phi) is 21.5. The van der Waals surface area contributed by atoms with Crippen LogP contribution in [0, 0.1) is 0 Å². The van der Waals surface area contributed by atoms with E-state index in [1.807, 2.05) is 24.3 Å². The van der Waals surface area contributed by atoms with Gasteiger partial charge in [0.1, 0.15) is 19.0 Å². The second-order valence-corrected chi connectivity index (χ2v) is 9.19. The van der Waals surface area contributed by atoms with Crippen molar-refractivity contribution in [1.82, 2.24) is 0 Å². The molecule has 0 aromatic heterocycles. The molecule has 0 N–H and O–H groups in total. The first-order chi connectivity index (χ1) is 19.0. The van der Waals surface area contributed by atoms with Crippen LogP contribution >= 0.6 is 0 Å². The summed E-state index contributed by atoms with van der Waals surface area (Å²) in [7, 11) is 1.61. The Balaban J connectivity index is 2.09. The minimum Gasteiger partial charge on any atom is -0.463 e. The van der Waals surface area contributed by atoms with Crippen LogP contribution in [0.2, 0.25) is 0 Å². The third kappa shape index (κ3) is 20.9. The highest BCUT2D eigenvalue weighted by atomic mass is 16.6. The highest BCUT2D eigenvalue weighted by Gasteiger charge is 2.09. The van der Waals surface area contributed by atoms with Crippen molar-refractivity contribution in [2.24, 2.45) is 4.99 Å². The zero-order chi connectivity index (χ0) is 28.4. The van der Waals surface area contributed by atoms with Gasteiger partial charge in [-0.3, -0.25) is 19.4 Å². The number of hydrogen-bond donors (Lipinski definition) is 0. The third-order valence-corrected chi connectivity index (χ3v) is 5.78. The number of benzene rings is 1. The van der Waals surface area contributed by atoms with Crippen molar-refractivity contribution in [1.29, 1.82) is 0 Å². The molecule has 0 aliphatic heterocycles. The molecule has 0 heterocycles. The standard InChI is InChI=1S/C30H47NO8/c1-3-4-5-6-7-8-9-10-28(32)17-18-31-27-13-11-26(12-14-27)25-39-30(34)16-15-29(33)38-24-23-37-22-21-36-20-19-35-2/h11-14,18H,3-10,15-17,19-25H2,1-2H3. The zero-order valence-electron chi connectivity index (χ0n) is 23.8. The van der Waals surface area contributed by atoms with Crippen LogP contribution in [0.15, 0.2) is 29.3 Å². The first-order valence-electron chi connectivity index (χ1n) is 14.1. The predicted octanol–water partition coefficient (Wildman–Crippen LogP) is 5.54. The van der Waals surface area contributed by atoms with Crippen molar-refractivity contribution in [2.75, 3.05) is 46.8 Å². The van der Waals surface area contributed by atoms with Crippen LogP contribution in [-0.4, -0.2) is 70.7 Å². The minimum atomic E-state index is -0.477. The van der Waals surface area contributed by atoms with Crippen molar-refractivity contribution >= 4 is 29.6 Å². The number of carbonyl (C=O) groups is 3. The minimum absolute atomic E-state index is 0.0513. The molecule has 0 unspecified atom stereocenters. The summed E-state index contributed by atoms with van der Waals surface area (Å²) < 4.78 is 25.7. The highest BCUT2D eigenvalue weighted by Crippen LogP contribution is 2.14. The Hall–Kier alpha value is -2.62. The van der Waals surface area contributed by atoms with Gasteiger partial charge in [0.25, 0.3) is 0 Å². The van der Waals surface area contributed by atoms with E-state index >= 15 is 0 Å². The lowest BCUT2D eigenvalue weighted by molar-refractivity contribution is -0.151. The lowest BCUT2D eigenvalue weighted by Gasteiger charge is -2.07. The van der Waals surface area contributed by atoms with E-state index in [0.717, 1.165) is 24.1 Å². The number of nitrogens with zero attached hydrogens (tertiary/aromatic N) is 1. The Morgan fingerprint density at radius 3 is 1.97 bits per heavy atom. The van der Waals surface area contributed by atoms with Gasteiger partial charge >= 0.3 is 11.9 Å². The monoisotopic (exact) mass is 549 g/mol. The number of esters is 2. The molecule has 220 valence electrons. The molecule has 0 atom stereocenters. The van der Waals surface area contributed by atoms with Gasteiger partial charge in [-0.05, 0) is 24.1 Å². The fourth-order valence-corrected chi connectivity index (χ4v) is 3.50. The van der Waals surface area contributed by atoms with Gasteiger partial charge in [-0.25, -0.2) is 0 Å². The molecule has 0 aliphatic carbocycles. The molecule has 0 bridgehead atoms. The van der Waals surface area contributed by atoms with Crippen LogP contribution < -0.4 is 0 Å². The number of methoxy groups -OCH3 is 1. The number of Topliss-reactive ketones (excluding diaryl/α,β-unsaturated/α-hetero) is 1. The van der Waals surface area contributed by atoms with Crippen molar-refractivity contribution in [3.8, 4) is 0 Å².